The Bertz CT molecular complexity index is 248. The topological polar surface area (TPSA) is 44.8 Å². The minimum Gasteiger partial charge on any atom is -0.383 e. The Kier molecular flexibility index (Phi) is 7.23. The van der Waals surface area contributed by atoms with Gasteiger partial charge in [-0.15, -0.1) is 0 Å². The molecule has 5 heteroatoms. The molecule has 1 heterocycles. The van der Waals surface area contributed by atoms with E-state index in [2.05, 4.69) is 24.2 Å². The highest BCUT2D eigenvalue weighted by molar-refractivity contribution is 5.78. The standard InChI is InChI=1S/C13H27N3O2/c1-4-12-11-15(2)7-5-8-16(12)13(17)10-14-6-9-18-3/h12,14H,4-11H2,1-3H3. The number of hydrogen-bond donors (Lipinski definition) is 1. The van der Waals surface area contributed by atoms with E-state index < -0.39 is 0 Å². The van der Waals surface area contributed by atoms with Gasteiger partial charge in [0.1, 0.15) is 0 Å². The van der Waals surface area contributed by atoms with Gasteiger partial charge in [-0.05, 0) is 26.4 Å². The number of rotatable bonds is 6. The van der Waals surface area contributed by atoms with Gasteiger partial charge in [-0.3, -0.25) is 4.79 Å². The molecule has 18 heavy (non-hydrogen) atoms. The Morgan fingerprint density at radius 3 is 2.89 bits per heavy atom. The van der Waals surface area contributed by atoms with E-state index in [-0.39, 0.29) is 5.91 Å². The minimum atomic E-state index is 0.216. The molecule has 1 amide bonds. The first-order chi connectivity index (χ1) is 8.69. The third-order valence-corrected chi connectivity index (χ3v) is 3.45. The van der Waals surface area contributed by atoms with Crippen LogP contribution in [0.4, 0.5) is 0 Å². The summed E-state index contributed by atoms with van der Waals surface area (Å²) in [5.41, 5.74) is 0. The molecule has 1 aliphatic rings. The van der Waals surface area contributed by atoms with Gasteiger partial charge in [0.2, 0.25) is 5.91 Å². The summed E-state index contributed by atoms with van der Waals surface area (Å²) >= 11 is 0. The summed E-state index contributed by atoms with van der Waals surface area (Å²) in [6, 6.07) is 0.356. The van der Waals surface area contributed by atoms with Crippen molar-refractivity contribution in [3.8, 4) is 0 Å². The zero-order chi connectivity index (χ0) is 13.4. The van der Waals surface area contributed by atoms with E-state index in [4.69, 9.17) is 4.74 Å². The van der Waals surface area contributed by atoms with E-state index in [1.165, 1.54) is 0 Å². The van der Waals surface area contributed by atoms with Crippen molar-refractivity contribution in [1.29, 1.82) is 0 Å². The molecular weight excluding hydrogens is 230 g/mol. The Hall–Kier alpha value is -0.650. The molecule has 0 aromatic rings. The average Bonchev–Trinajstić information content (AvgIpc) is 2.55. The van der Waals surface area contributed by atoms with Crippen molar-refractivity contribution in [3.05, 3.63) is 0 Å². The van der Waals surface area contributed by atoms with Crippen LogP contribution in [0, 0.1) is 0 Å². The lowest BCUT2D eigenvalue weighted by Crippen LogP contribution is -2.47. The van der Waals surface area contributed by atoms with Crippen molar-refractivity contribution in [2.45, 2.75) is 25.8 Å². The Labute approximate surface area is 110 Å². The first-order valence-electron chi connectivity index (χ1n) is 6.86. The molecule has 1 atom stereocenters. The zero-order valence-corrected chi connectivity index (χ0v) is 11.9. The fraction of sp³-hybridized carbons (Fsp3) is 0.923. The second-order valence-electron chi connectivity index (χ2n) is 4.93. The normalized spacial score (nSPS) is 21.9. The molecule has 0 spiro atoms. The van der Waals surface area contributed by atoms with Gasteiger partial charge in [0.15, 0.2) is 0 Å². The molecule has 0 radical (unpaired) electrons. The quantitative estimate of drug-likeness (QED) is 0.689. The molecule has 1 aliphatic heterocycles. The van der Waals surface area contributed by atoms with Gasteiger partial charge in [0.05, 0.1) is 13.2 Å². The number of methoxy groups -OCH3 is 1. The summed E-state index contributed by atoms with van der Waals surface area (Å²) in [6.45, 7) is 6.90. The molecule has 1 saturated heterocycles. The van der Waals surface area contributed by atoms with Crippen molar-refractivity contribution in [2.75, 3.05) is 53.5 Å². The fourth-order valence-electron chi connectivity index (χ4n) is 2.39. The highest BCUT2D eigenvalue weighted by atomic mass is 16.5. The van der Waals surface area contributed by atoms with Gasteiger partial charge >= 0.3 is 0 Å². The smallest absolute Gasteiger partial charge is 0.236 e. The van der Waals surface area contributed by atoms with Crippen LogP contribution in [0.2, 0.25) is 0 Å². The first kappa shape index (κ1) is 15.4. The Morgan fingerprint density at radius 1 is 1.44 bits per heavy atom. The van der Waals surface area contributed by atoms with Crippen molar-refractivity contribution in [3.63, 3.8) is 0 Å². The van der Waals surface area contributed by atoms with E-state index in [9.17, 15) is 4.79 Å². The summed E-state index contributed by atoms with van der Waals surface area (Å²) in [6.07, 6.45) is 2.09. The van der Waals surface area contributed by atoms with E-state index in [0.29, 0.717) is 19.2 Å². The van der Waals surface area contributed by atoms with Crippen LogP contribution in [0.1, 0.15) is 19.8 Å². The van der Waals surface area contributed by atoms with Gasteiger partial charge in [0, 0.05) is 32.8 Å². The number of nitrogens with zero attached hydrogens (tertiary/aromatic N) is 2. The third-order valence-electron chi connectivity index (χ3n) is 3.45. The van der Waals surface area contributed by atoms with Gasteiger partial charge in [0.25, 0.3) is 0 Å². The fourth-order valence-corrected chi connectivity index (χ4v) is 2.39. The number of carbonyl (C=O) groups excluding carboxylic acids is 1. The molecule has 0 bridgehead atoms. The van der Waals surface area contributed by atoms with Gasteiger partial charge in [-0.1, -0.05) is 6.92 Å². The zero-order valence-electron chi connectivity index (χ0n) is 11.9. The van der Waals surface area contributed by atoms with Crippen molar-refractivity contribution >= 4 is 5.91 Å². The van der Waals surface area contributed by atoms with Gasteiger partial charge < -0.3 is 19.9 Å². The maximum Gasteiger partial charge on any atom is 0.236 e. The number of likely N-dealkylation sites (N-methyl/N-ethyl adjacent to an activating group) is 1. The lowest BCUT2D eigenvalue weighted by molar-refractivity contribution is -0.132. The van der Waals surface area contributed by atoms with Crippen LogP contribution in [0.15, 0.2) is 0 Å². The van der Waals surface area contributed by atoms with Crippen LogP contribution in [0.25, 0.3) is 0 Å². The molecule has 1 unspecified atom stereocenters. The molecule has 0 saturated carbocycles. The molecule has 1 rings (SSSR count). The van der Waals surface area contributed by atoms with Crippen LogP contribution >= 0.6 is 0 Å². The number of hydrogen-bond acceptors (Lipinski definition) is 4. The van der Waals surface area contributed by atoms with Crippen molar-refractivity contribution in [2.24, 2.45) is 0 Å². The monoisotopic (exact) mass is 257 g/mol. The number of ether oxygens (including phenoxy) is 1. The van der Waals surface area contributed by atoms with Crippen LogP contribution in [-0.4, -0.2) is 75.2 Å². The molecule has 0 aromatic heterocycles. The largest absolute Gasteiger partial charge is 0.383 e. The second kappa shape index (κ2) is 8.45. The minimum absolute atomic E-state index is 0.216. The van der Waals surface area contributed by atoms with Crippen LogP contribution in [-0.2, 0) is 9.53 Å². The second-order valence-corrected chi connectivity index (χ2v) is 4.93. The predicted molar refractivity (Wildman–Crippen MR) is 72.7 cm³/mol. The molecule has 106 valence electrons. The van der Waals surface area contributed by atoms with Crippen molar-refractivity contribution < 1.29 is 9.53 Å². The number of amides is 1. The molecular formula is C13H27N3O2. The lowest BCUT2D eigenvalue weighted by atomic mass is 10.2. The van der Waals surface area contributed by atoms with E-state index >= 15 is 0 Å². The maximum atomic E-state index is 12.2. The molecule has 1 N–H and O–H groups in total. The average molecular weight is 257 g/mol. The van der Waals surface area contributed by atoms with Crippen LogP contribution < -0.4 is 5.32 Å². The summed E-state index contributed by atoms with van der Waals surface area (Å²) in [5, 5.41) is 3.13. The highest BCUT2D eigenvalue weighted by Gasteiger charge is 2.25. The number of nitrogens with one attached hydrogen (secondary N) is 1. The van der Waals surface area contributed by atoms with Gasteiger partial charge in [-0.25, -0.2) is 0 Å². The van der Waals surface area contributed by atoms with Crippen molar-refractivity contribution in [1.82, 2.24) is 15.1 Å². The number of carbonyl (C=O) groups is 1. The van der Waals surface area contributed by atoms with E-state index in [1.54, 1.807) is 7.11 Å². The highest BCUT2D eigenvalue weighted by Crippen LogP contribution is 2.11. The molecule has 5 nitrogen and oxygen atoms in total. The molecule has 0 aliphatic carbocycles. The molecule has 0 aromatic carbocycles. The molecule has 1 fully saturated rings. The van der Waals surface area contributed by atoms with Crippen LogP contribution in [0.3, 0.4) is 0 Å². The SMILES string of the molecule is CCC1CN(C)CCCN1C(=O)CNCCOC. The first-order valence-corrected chi connectivity index (χ1v) is 6.86. The van der Waals surface area contributed by atoms with Gasteiger partial charge in [-0.2, -0.15) is 0 Å². The summed E-state index contributed by atoms with van der Waals surface area (Å²) in [4.78, 5) is 16.6. The maximum absolute atomic E-state index is 12.2. The van der Waals surface area contributed by atoms with Crippen LogP contribution in [0.5, 0.6) is 0 Å². The van der Waals surface area contributed by atoms with E-state index in [1.807, 2.05) is 4.90 Å². The Morgan fingerprint density at radius 2 is 2.22 bits per heavy atom. The van der Waals surface area contributed by atoms with E-state index in [0.717, 1.165) is 39.0 Å². The summed E-state index contributed by atoms with van der Waals surface area (Å²) in [7, 11) is 3.80. The third kappa shape index (κ3) is 4.92. The summed E-state index contributed by atoms with van der Waals surface area (Å²) < 4.78 is 4.95. The lowest BCUT2D eigenvalue weighted by Gasteiger charge is -2.30. The predicted octanol–water partition coefficient (Wildman–Crippen LogP) is 0.165. The Balaban J connectivity index is 2.42. The summed E-state index contributed by atoms with van der Waals surface area (Å²) in [5.74, 6) is 0.216.